The summed E-state index contributed by atoms with van der Waals surface area (Å²) in [4.78, 5) is 15.5. The van der Waals surface area contributed by atoms with Crippen LogP contribution in [0.3, 0.4) is 0 Å². The van der Waals surface area contributed by atoms with E-state index < -0.39 is 0 Å². The van der Waals surface area contributed by atoms with E-state index in [1.54, 1.807) is 12.1 Å². The van der Waals surface area contributed by atoms with Gasteiger partial charge >= 0.3 is 0 Å². The molecular weight excluding hydrogens is 374 g/mol. The van der Waals surface area contributed by atoms with E-state index in [0.717, 1.165) is 57.3 Å². The van der Waals surface area contributed by atoms with E-state index in [9.17, 15) is 10.1 Å². The fourth-order valence-corrected chi connectivity index (χ4v) is 4.32. The SMILES string of the molecule is C=CCCCN1CC[C@@H](CNC(=O)c2cc(C#N)cc3c2OCCC/C=C\3)C(C)C1. The number of ether oxygens (including phenoxy) is 1. The van der Waals surface area contributed by atoms with Crippen molar-refractivity contribution in [3.8, 4) is 11.8 Å². The number of rotatable bonds is 7. The second-order valence-corrected chi connectivity index (χ2v) is 8.41. The van der Waals surface area contributed by atoms with Crippen LogP contribution in [-0.4, -0.2) is 43.6 Å². The van der Waals surface area contributed by atoms with Crippen LogP contribution >= 0.6 is 0 Å². The third-order valence-electron chi connectivity index (χ3n) is 6.12. The number of amides is 1. The number of nitriles is 1. The monoisotopic (exact) mass is 407 g/mol. The first-order valence-electron chi connectivity index (χ1n) is 11.1. The van der Waals surface area contributed by atoms with E-state index in [2.05, 4.69) is 35.9 Å². The van der Waals surface area contributed by atoms with Gasteiger partial charge in [-0.1, -0.05) is 25.2 Å². The minimum Gasteiger partial charge on any atom is -0.492 e. The summed E-state index contributed by atoms with van der Waals surface area (Å²) < 4.78 is 5.92. The number of unbranched alkanes of at least 4 members (excludes halogenated alkanes) is 1. The van der Waals surface area contributed by atoms with Crippen molar-refractivity contribution in [2.45, 2.75) is 39.0 Å². The lowest BCUT2D eigenvalue weighted by molar-refractivity contribution is 0.0903. The maximum atomic E-state index is 13.0. The third kappa shape index (κ3) is 5.73. The Balaban J connectivity index is 1.63. The first-order valence-corrected chi connectivity index (χ1v) is 11.1. The Morgan fingerprint density at radius 3 is 3.10 bits per heavy atom. The van der Waals surface area contributed by atoms with Crippen LogP contribution in [0.5, 0.6) is 5.75 Å². The van der Waals surface area contributed by atoms with E-state index in [1.807, 2.05) is 12.2 Å². The minimum atomic E-state index is -0.155. The summed E-state index contributed by atoms with van der Waals surface area (Å²) in [5, 5.41) is 12.5. The number of hydrogen-bond donors (Lipinski definition) is 1. The van der Waals surface area contributed by atoms with Crippen molar-refractivity contribution in [1.82, 2.24) is 10.2 Å². The van der Waals surface area contributed by atoms with Crippen LogP contribution in [0.2, 0.25) is 0 Å². The normalized spacial score (nSPS) is 22.5. The second kappa shape index (κ2) is 11.0. The van der Waals surface area contributed by atoms with Crippen molar-refractivity contribution < 1.29 is 9.53 Å². The van der Waals surface area contributed by atoms with E-state index in [1.165, 1.54) is 0 Å². The van der Waals surface area contributed by atoms with Crippen LogP contribution in [0.25, 0.3) is 6.08 Å². The highest BCUT2D eigenvalue weighted by Crippen LogP contribution is 2.30. The number of allylic oxidation sites excluding steroid dienone is 2. The Labute approximate surface area is 180 Å². The molecule has 0 saturated carbocycles. The number of carbonyl (C=O) groups is 1. The number of nitrogens with zero attached hydrogens (tertiary/aromatic N) is 2. The molecule has 5 nitrogen and oxygen atoms in total. The molecule has 2 atom stereocenters. The topological polar surface area (TPSA) is 65.4 Å². The lowest BCUT2D eigenvalue weighted by atomic mass is 9.86. The predicted octanol–water partition coefficient (Wildman–Crippen LogP) is 4.40. The summed E-state index contributed by atoms with van der Waals surface area (Å²) in [6.45, 7) is 10.6. The standard InChI is InChI=1S/C25H33N3O2/c1-3-4-7-11-28-12-10-22(19(2)18-28)17-27-25(29)23-15-20(16-26)14-21-9-6-5-8-13-30-24(21)23/h3,6,9,14-15,19,22H,1,4-5,7-8,10-13,17-18H2,2H3,(H,27,29)/b9-6-/t19?,22-/m0/s1. The summed E-state index contributed by atoms with van der Waals surface area (Å²) >= 11 is 0. The van der Waals surface area contributed by atoms with Crippen molar-refractivity contribution in [2.75, 3.05) is 32.8 Å². The highest BCUT2D eigenvalue weighted by molar-refractivity contribution is 5.98. The molecule has 1 fully saturated rings. The highest BCUT2D eigenvalue weighted by Gasteiger charge is 2.27. The Bertz CT molecular complexity index is 824. The van der Waals surface area contributed by atoms with Gasteiger partial charge < -0.3 is 15.0 Å². The van der Waals surface area contributed by atoms with Gasteiger partial charge in [0.2, 0.25) is 0 Å². The zero-order valence-electron chi connectivity index (χ0n) is 18.0. The second-order valence-electron chi connectivity index (χ2n) is 8.41. The molecule has 1 N–H and O–H groups in total. The summed E-state index contributed by atoms with van der Waals surface area (Å²) in [7, 11) is 0. The highest BCUT2D eigenvalue weighted by atomic mass is 16.5. The average molecular weight is 408 g/mol. The maximum absolute atomic E-state index is 13.0. The molecule has 30 heavy (non-hydrogen) atoms. The Kier molecular flexibility index (Phi) is 8.10. The van der Waals surface area contributed by atoms with E-state index in [4.69, 9.17) is 4.74 Å². The number of likely N-dealkylation sites (tertiary alicyclic amines) is 1. The van der Waals surface area contributed by atoms with Crippen LogP contribution in [0.4, 0.5) is 0 Å². The Hall–Kier alpha value is -2.58. The van der Waals surface area contributed by atoms with Crippen molar-refractivity contribution in [2.24, 2.45) is 11.8 Å². The molecule has 5 heteroatoms. The van der Waals surface area contributed by atoms with E-state index in [-0.39, 0.29) is 5.91 Å². The molecular formula is C25H33N3O2. The fourth-order valence-electron chi connectivity index (χ4n) is 4.32. The molecule has 0 aliphatic carbocycles. The quantitative estimate of drug-likeness (QED) is 0.537. The first-order chi connectivity index (χ1) is 14.6. The van der Waals surface area contributed by atoms with E-state index >= 15 is 0 Å². The molecule has 160 valence electrons. The van der Waals surface area contributed by atoms with Gasteiger partial charge in [0.15, 0.2) is 0 Å². The lowest BCUT2D eigenvalue weighted by Crippen LogP contribution is -2.44. The molecule has 0 bridgehead atoms. The van der Waals surface area contributed by atoms with Gasteiger partial charge in [-0.3, -0.25) is 4.79 Å². The van der Waals surface area contributed by atoms with Gasteiger partial charge in [0.1, 0.15) is 5.75 Å². The molecule has 1 aromatic rings. The zero-order valence-corrected chi connectivity index (χ0v) is 18.0. The molecule has 3 rings (SSSR count). The summed E-state index contributed by atoms with van der Waals surface area (Å²) in [5.74, 6) is 1.44. The summed E-state index contributed by atoms with van der Waals surface area (Å²) in [6.07, 6.45) is 11.2. The van der Waals surface area contributed by atoms with E-state index in [0.29, 0.717) is 41.9 Å². The maximum Gasteiger partial charge on any atom is 0.255 e. The van der Waals surface area contributed by atoms with Gasteiger partial charge in [-0.25, -0.2) is 0 Å². The average Bonchev–Trinajstić information content (AvgIpc) is 2.73. The Morgan fingerprint density at radius 2 is 2.33 bits per heavy atom. The molecule has 1 amide bonds. The van der Waals surface area contributed by atoms with Crippen LogP contribution in [-0.2, 0) is 0 Å². The molecule has 1 saturated heterocycles. The molecule has 0 radical (unpaired) electrons. The largest absolute Gasteiger partial charge is 0.492 e. The number of nitrogens with one attached hydrogen (secondary N) is 1. The van der Waals surface area contributed by atoms with Crippen molar-refractivity contribution in [3.63, 3.8) is 0 Å². The number of hydrogen-bond acceptors (Lipinski definition) is 4. The molecule has 2 aliphatic heterocycles. The molecule has 2 aliphatic rings. The molecule has 0 spiro atoms. The van der Waals surface area contributed by atoms with Gasteiger partial charge in [-0.15, -0.1) is 6.58 Å². The fraction of sp³-hybridized carbons (Fsp3) is 0.520. The predicted molar refractivity (Wildman–Crippen MR) is 120 cm³/mol. The smallest absolute Gasteiger partial charge is 0.255 e. The lowest BCUT2D eigenvalue weighted by Gasteiger charge is -2.37. The number of benzene rings is 1. The minimum absolute atomic E-state index is 0.155. The zero-order chi connectivity index (χ0) is 21.3. The number of piperidine rings is 1. The molecule has 1 aromatic carbocycles. The summed E-state index contributed by atoms with van der Waals surface area (Å²) in [6, 6.07) is 5.60. The third-order valence-corrected chi connectivity index (χ3v) is 6.12. The molecule has 2 heterocycles. The Morgan fingerprint density at radius 1 is 1.47 bits per heavy atom. The van der Waals surface area contributed by atoms with Gasteiger partial charge in [-0.2, -0.15) is 5.26 Å². The van der Waals surface area contributed by atoms with Gasteiger partial charge in [0, 0.05) is 18.7 Å². The molecule has 1 unspecified atom stereocenters. The van der Waals surface area contributed by atoms with Crippen LogP contribution in [0, 0.1) is 23.2 Å². The van der Waals surface area contributed by atoms with Crippen molar-refractivity contribution >= 4 is 12.0 Å². The summed E-state index contributed by atoms with van der Waals surface area (Å²) in [5.41, 5.74) is 1.75. The van der Waals surface area contributed by atoms with Gasteiger partial charge in [-0.05, 0) is 69.2 Å². The van der Waals surface area contributed by atoms with Crippen LogP contribution < -0.4 is 10.1 Å². The van der Waals surface area contributed by atoms with Crippen molar-refractivity contribution in [3.05, 3.63) is 47.6 Å². The van der Waals surface area contributed by atoms with Crippen LogP contribution in [0.15, 0.2) is 30.9 Å². The number of carbonyl (C=O) groups excluding carboxylic acids is 1. The van der Waals surface area contributed by atoms with Crippen LogP contribution in [0.1, 0.15) is 60.5 Å². The van der Waals surface area contributed by atoms with Gasteiger partial charge in [0.25, 0.3) is 5.91 Å². The first kappa shape index (κ1) is 22.1. The van der Waals surface area contributed by atoms with Crippen molar-refractivity contribution in [1.29, 1.82) is 5.26 Å². The van der Waals surface area contributed by atoms with Gasteiger partial charge in [0.05, 0.1) is 23.8 Å². The number of fused-ring (bicyclic) bond motifs is 1. The molecule has 0 aromatic heterocycles.